The van der Waals surface area contributed by atoms with Crippen LogP contribution in [0.5, 0.6) is 5.75 Å². The highest BCUT2D eigenvalue weighted by molar-refractivity contribution is 7.89. The SMILES string of the molecule is CC1CCCN(S(=O)(=O)CCOc2cccc(N)c2)CC1. The van der Waals surface area contributed by atoms with Gasteiger partial charge < -0.3 is 10.5 Å². The van der Waals surface area contributed by atoms with Gasteiger partial charge in [0.2, 0.25) is 10.0 Å². The smallest absolute Gasteiger partial charge is 0.217 e. The third-order valence-corrected chi connectivity index (χ3v) is 5.67. The summed E-state index contributed by atoms with van der Waals surface area (Å²) < 4.78 is 31.7. The van der Waals surface area contributed by atoms with E-state index in [1.54, 1.807) is 28.6 Å². The Morgan fingerprint density at radius 1 is 1.33 bits per heavy atom. The van der Waals surface area contributed by atoms with E-state index < -0.39 is 10.0 Å². The molecule has 21 heavy (non-hydrogen) atoms. The maximum Gasteiger partial charge on any atom is 0.217 e. The number of sulfonamides is 1. The molecule has 0 spiro atoms. The number of nitrogens with zero attached hydrogens (tertiary/aromatic N) is 1. The minimum absolute atomic E-state index is 0.0101. The van der Waals surface area contributed by atoms with Crippen molar-refractivity contribution in [2.24, 2.45) is 5.92 Å². The highest BCUT2D eigenvalue weighted by Gasteiger charge is 2.24. The van der Waals surface area contributed by atoms with Crippen molar-refractivity contribution in [3.05, 3.63) is 24.3 Å². The molecule has 0 aromatic heterocycles. The zero-order valence-corrected chi connectivity index (χ0v) is 13.3. The Kier molecular flexibility index (Phi) is 5.47. The van der Waals surface area contributed by atoms with Crippen LogP contribution in [-0.4, -0.2) is 38.2 Å². The van der Waals surface area contributed by atoms with E-state index in [9.17, 15) is 8.42 Å². The largest absolute Gasteiger partial charge is 0.492 e. The summed E-state index contributed by atoms with van der Waals surface area (Å²) in [7, 11) is -3.23. The molecule has 0 bridgehead atoms. The summed E-state index contributed by atoms with van der Waals surface area (Å²) in [5, 5.41) is 0. The first-order valence-electron chi connectivity index (χ1n) is 7.43. The summed E-state index contributed by atoms with van der Waals surface area (Å²) in [5.41, 5.74) is 6.27. The second-order valence-corrected chi connectivity index (χ2v) is 7.76. The summed E-state index contributed by atoms with van der Waals surface area (Å²) in [6.45, 7) is 3.59. The van der Waals surface area contributed by atoms with Crippen LogP contribution in [0.25, 0.3) is 0 Å². The molecule has 2 rings (SSSR count). The molecule has 1 aromatic carbocycles. The molecule has 5 nitrogen and oxygen atoms in total. The molecule has 1 saturated heterocycles. The van der Waals surface area contributed by atoms with Gasteiger partial charge in [-0.25, -0.2) is 12.7 Å². The van der Waals surface area contributed by atoms with Gasteiger partial charge in [0.15, 0.2) is 0 Å². The molecule has 2 N–H and O–H groups in total. The Morgan fingerprint density at radius 2 is 2.14 bits per heavy atom. The third-order valence-electron chi connectivity index (χ3n) is 3.84. The van der Waals surface area contributed by atoms with Gasteiger partial charge in [0.25, 0.3) is 0 Å². The zero-order chi connectivity index (χ0) is 15.3. The number of rotatable bonds is 5. The van der Waals surface area contributed by atoms with Crippen molar-refractivity contribution in [1.29, 1.82) is 0 Å². The molecule has 6 heteroatoms. The van der Waals surface area contributed by atoms with Crippen LogP contribution in [0.4, 0.5) is 5.69 Å². The molecule has 0 radical (unpaired) electrons. The van der Waals surface area contributed by atoms with Gasteiger partial charge in [0.1, 0.15) is 12.4 Å². The molecule has 1 aliphatic heterocycles. The molecule has 1 fully saturated rings. The van der Waals surface area contributed by atoms with E-state index in [1.807, 2.05) is 0 Å². The van der Waals surface area contributed by atoms with Crippen molar-refractivity contribution < 1.29 is 13.2 Å². The Bertz CT molecular complexity index is 560. The minimum atomic E-state index is -3.23. The number of benzene rings is 1. The van der Waals surface area contributed by atoms with Crippen LogP contribution < -0.4 is 10.5 Å². The Hall–Kier alpha value is -1.27. The van der Waals surface area contributed by atoms with Gasteiger partial charge in [-0.3, -0.25) is 0 Å². The first kappa shape index (κ1) is 16.1. The highest BCUT2D eigenvalue weighted by atomic mass is 32.2. The predicted molar refractivity (Wildman–Crippen MR) is 84.7 cm³/mol. The van der Waals surface area contributed by atoms with Crippen LogP contribution >= 0.6 is 0 Å². The normalized spacial score (nSPS) is 20.9. The first-order valence-corrected chi connectivity index (χ1v) is 9.04. The standard InChI is InChI=1S/C15H24N2O3S/c1-13-4-3-8-17(9-7-13)21(18,19)11-10-20-15-6-2-5-14(16)12-15/h2,5-6,12-13H,3-4,7-11,16H2,1H3. The average molecular weight is 312 g/mol. The highest BCUT2D eigenvalue weighted by Crippen LogP contribution is 2.19. The molecule has 1 aliphatic rings. The summed E-state index contributed by atoms with van der Waals surface area (Å²) in [6, 6.07) is 7.02. The van der Waals surface area contributed by atoms with Crippen LogP contribution in [0, 0.1) is 5.92 Å². The third kappa shape index (κ3) is 4.89. The lowest BCUT2D eigenvalue weighted by Crippen LogP contribution is -2.35. The van der Waals surface area contributed by atoms with Crippen LogP contribution in [0.2, 0.25) is 0 Å². The maximum atomic E-state index is 12.3. The second kappa shape index (κ2) is 7.13. The Labute approximate surface area is 127 Å². The van der Waals surface area contributed by atoms with Crippen molar-refractivity contribution in [2.75, 3.05) is 31.2 Å². The molecule has 1 unspecified atom stereocenters. The molecular weight excluding hydrogens is 288 g/mol. The Balaban J connectivity index is 1.86. The van der Waals surface area contributed by atoms with Gasteiger partial charge >= 0.3 is 0 Å². The van der Waals surface area contributed by atoms with E-state index in [-0.39, 0.29) is 12.4 Å². The van der Waals surface area contributed by atoms with E-state index >= 15 is 0 Å². The average Bonchev–Trinajstić information content (AvgIpc) is 2.64. The first-order chi connectivity index (χ1) is 9.97. The van der Waals surface area contributed by atoms with Crippen LogP contribution in [0.1, 0.15) is 26.2 Å². The number of anilines is 1. The van der Waals surface area contributed by atoms with Gasteiger partial charge in [-0.2, -0.15) is 0 Å². The molecule has 0 amide bonds. The molecule has 0 aliphatic carbocycles. The van der Waals surface area contributed by atoms with Crippen molar-refractivity contribution >= 4 is 15.7 Å². The second-order valence-electron chi connectivity index (χ2n) is 5.67. The fourth-order valence-corrected chi connectivity index (χ4v) is 3.86. The quantitative estimate of drug-likeness (QED) is 0.845. The fraction of sp³-hybridized carbons (Fsp3) is 0.600. The van der Waals surface area contributed by atoms with Gasteiger partial charge in [-0.1, -0.05) is 13.0 Å². The van der Waals surface area contributed by atoms with E-state index in [4.69, 9.17) is 10.5 Å². The zero-order valence-electron chi connectivity index (χ0n) is 12.5. The van der Waals surface area contributed by atoms with E-state index in [0.29, 0.717) is 30.4 Å². The fourth-order valence-electron chi connectivity index (χ4n) is 2.51. The lowest BCUT2D eigenvalue weighted by Gasteiger charge is -2.20. The van der Waals surface area contributed by atoms with E-state index in [1.165, 1.54) is 0 Å². The molecule has 1 heterocycles. The van der Waals surface area contributed by atoms with Gasteiger partial charge in [-0.15, -0.1) is 0 Å². The van der Waals surface area contributed by atoms with E-state index in [2.05, 4.69) is 6.92 Å². The van der Waals surface area contributed by atoms with Crippen molar-refractivity contribution in [2.45, 2.75) is 26.2 Å². The molecular formula is C15H24N2O3S. The van der Waals surface area contributed by atoms with Gasteiger partial charge in [-0.05, 0) is 37.3 Å². The lowest BCUT2D eigenvalue weighted by molar-refractivity contribution is 0.334. The van der Waals surface area contributed by atoms with Crippen molar-refractivity contribution in [3.8, 4) is 5.75 Å². The lowest BCUT2D eigenvalue weighted by atomic mass is 10.0. The topological polar surface area (TPSA) is 72.6 Å². The number of nitrogens with two attached hydrogens (primary N) is 1. The summed E-state index contributed by atoms with van der Waals surface area (Å²) in [5.74, 6) is 1.22. The number of hydrogen-bond donors (Lipinski definition) is 1. The Morgan fingerprint density at radius 3 is 2.90 bits per heavy atom. The monoisotopic (exact) mass is 312 g/mol. The number of nitrogen functional groups attached to an aromatic ring is 1. The number of hydrogen-bond acceptors (Lipinski definition) is 4. The molecule has 0 saturated carbocycles. The number of ether oxygens (including phenoxy) is 1. The maximum absolute atomic E-state index is 12.3. The van der Waals surface area contributed by atoms with E-state index in [0.717, 1.165) is 19.3 Å². The van der Waals surface area contributed by atoms with Gasteiger partial charge in [0, 0.05) is 24.8 Å². The molecule has 1 atom stereocenters. The molecule has 1 aromatic rings. The van der Waals surface area contributed by atoms with Crippen molar-refractivity contribution in [1.82, 2.24) is 4.31 Å². The summed E-state index contributed by atoms with van der Waals surface area (Å²) in [6.07, 6.45) is 2.98. The minimum Gasteiger partial charge on any atom is -0.492 e. The van der Waals surface area contributed by atoms with Crippen molar-refractivity contribution in [3.63, 3.8) is 0 Å². The summed E-state index contributed by atoms with van der Waals surface area (Å²) in [4.78, 5) is 0. The summed E-state index contributed by atoms with van der Waals surface area (Å²) >= 11 is 0. The van der Waals surface area contributed by atoms with Crippen LogP contribution in [0.15, 0.2) is 24.3 Å². The molecule has 118 valence electrons. The van der Waals surface area contributed by atoms with Gasteiger partial charge in [0.05, 0.1) is 5.75 Å². The van der Waals surface area contributed by atoms with Crippen LogP contribution in [0.3, 0.4) is 0 Å². The predicted octanol–water partition coefficient (Wildman–Crippen LogP) is 2.10. The van der Waals surface area contributed by atoms with Crippen LogP contribution in [-0.2, 0) is 10.0 Å².